The van der Waals surface area contributed by atoms with Crippen molar-refractivity contribution in [3.05, 3.63) is 0 Å². The third-order valence-electron chi connectivity index (χ3n) is 4.97. The van der Waals surface area contributed by atoms with Gasteiger partial charge in [0.05, 0.1) is 5.92 Å². The van der Waals surface area contributed by atoms with Crippen LogP contribution in [0.25, 0.3) is 0 Å². The van der Waals surface area contributed by atoms with E-state index in [1.165, 1.54) is 11.5 Å². The molecule has 2 atom stereocenters. The molecule has 0 radical (unpaired) electrons. The van der Waals surface area contributed by atoms with E-state index >= 15 is 0 Å². The van der Waals surface area contributed by atoms with Crippen molar-refractivity contribution in [3.63, 3.8) is 0 Å². The fraction of sp³-hybridized carbons (Fsp3) is 0.857. The van der Waals surface area contributed by atoms with Gasteiger partial charge in [-0.1, -0.05) is 0 Å². The molecule has 0 aromatic carbocycles. The van der Waals surface area contributed by atoms with Crippen LogP contribution in [0.5, 0.6) is 0 Å². The lowest BCUT2D eigenvalue weighted by molar-refractivity contribution is -0.149. The number of hydrogen-bond acceptors (Lipinski definition) is 5. The Bertz CT molecular complexity index is 440. The summed E-state index contributed by atoms with van der Waals surface area (Å²) in [6.07, 6.45) is 0. The second kappa shape index (κ2) is 6.01. The molecule has 7 heteroatoms. The summed E-state index contributed by atoms with van der Waals surface area (Å²) in [7, 11) is 0. The van der Waals surface area contributed by atoms with Crippen LogP contribution in [-0.2, 0) is 9.59 Å². The predicted octanol–water partition coefficient (Wildman–Crippen LogP) is 0.700. The summed E-state index contributed by atoms with van der Waals surface area (Å²) in [5.74, 6) is 3.34. The molecule has 0 aromatic rings. The Hall–Kier alpha value is -0.400. The molecule has 5 nitrogen and oxygen atoms in total. The number of carboxylic acids is 1. The number of carbonyl (C=O) groups is 2. The number of fused-ring (bicyclic) bond motifs is 1. The molecule has 3 aliphatic heterocycles. The van der Waals surface area contributed by atoms with Gasteiger partial charge in [0.15, 0.2) is 0 Å². The normalized spacial score (nSPS) is 35.0. The van der Waals surface area contributed by atoms with Gasteiger partial charge in [0.1, 0.15) is 5.41 Å². The zero-order valence-electron chi connectivity index (χ0n) is 12.3. The number of amides is 1. The highest BCUT2D eigenvalue weighted by molar-refractivity contribution is 8.03. The lowest BCUT2D eigenvalue weighted by Crippen LogP contribution is -2.44. The van der Waals surface area contributed by atoms with Crippen LogP contribution in [0.2, 0.25) is 0 Å². The quantitative estimate of drug-likeness (QED) is 0.822. The Morgan fingerprint density at radius 2 is 2.00 bits per heavy atom. The van der Waals surface area contributed by atoms with E-state index in [1.54, 1.807) is 4.90 Å². The van der Waals surface area contributed by atoms with E-state index < -0.39 is 11.4 Å². The average Bonchev–Trinajstić information content (AvgIpc) is 2.81. The highest BCUT2D eigenvalue weighted by atomic mass is 32.2. The molecule has 3 rings (SSSR count). The van der Waals surface area contributed by atoms with Crippen LogP contribution in [-0.4, -0.2) is 82.0 Å². The molecule has 21 heavy (non-hydrogen) atoms. The average molecular weight is 330 g/mol. The van der Waals surface area contributed by atoms with Gasteiger partial charge in [-0.25, -0.2) is 0 Å². The van der Waals surface area contributed by atoms with Crippen molar-refractivity contribution in [1.82, 2.24) is 9.80 Å². The maximum Gasteiger partial charge on any atom is 0.313 e. The summed E-state index contributed by atoms with van der Waals surface area (Å²) < 4.78 is 0. The number of carboxylic acid groups (broad SMARTS) is 1. The minimum Gasteiger partial charge on any atom is -0.481 e. The van der Waals surface area contributed by atoms with Crippen LogP contribution in [0.4, 0.5) is 0 Å². The van der Waals surface area contributed by atoms with Crippen LogP contribution in [0.15, 0.2) is 0 Å². The number of nitrogens with zero attached hydrogens (tertiary/aromatic N) is 2. The van der Waals surface area contributed by atoms with Crippen molar-refractivity contribution in [1.29, 1.82) is 0 Å². The molecular formula is C14H22N2O3S2. The number of aliphatic carboxylic acids is 1. The third kappa shape index (κ3) is 2.57. The highest BCUT2D eigenvalue weighted by Crippen LogP contribution is 2.44. The van der Waals surface area contributed by atoms with Gasteiger partial charge >= 0.3 is 5.97 Å². The smallest absolute Gasteiger partial charge is 0.313 e. The number of thioether (sulfide) groups is 2. The Balaban J connectivity index is 1.79. The summed E-state index contributed by atoms with van der Waals surface area (Å²) in [5, 5.41) is 9.76. The molecular weight excluding hydrogens is 308 g/mol. The monoisotopic (exact) mass is 330 g/mol. The molecule has 118 valence electrons. The van der Waals surface area contributed by atoms with E-state index in [2.05, 4.69) is 4.90 Å². The summed E-state index contributed by atoms with van der Waals surface area (Å²) in [5.41, 5.74) is -0.880. The molecule has 0 saturated carbocycles. The predicted molar refractivity (Wildman–Crippen MR) is 85.8 cm³/mol. The Morgan fingerprint density at radius 3 is 2.52 bits per heavy atom. The van der Waals surface area contributed by atoms with Crippen LogP contribution in [0.1, 0.15) is 6.92 Å². The van der Waals surface area contributed by atoms with Crippen molar-refractivity contribution < 1.29 is 14.7 Å². The van der Waals surface area contributed by atoms with E-state index in [1.807, 2.05) is 30.4 Å². The first-order valence-corrected chi connectivity index (χ1v) is 9.81. The van der Waals surface area contributed by atoms with Gasteiger partial charge in [-0.05, 0) is 6.92 Å². The molecule has 3 fully saturated rings. The minimum absolute atomic E-state index is 0.0383. The first-order valence-electron chi connectivity index (χ1n) is 7.50. The number of carbonyl (C=O) groups excluding carboxylic acids is 1. The van der Waals surface area contributed by atoms with Gasteiger partial charge in [0, 0.05) is 55.2 Å². The molecule has 0 spiro atoms. The Labute approximate surface area is 133 Å². The number of hydrogen-bond donors (Lipinski definition) is 1. The highest BCUT2D eigenvalue weighted by Gasteiger charge is 2.62. The van der Waals surface area contributed by atoms with E-state index in [9.17, 15) is 14.7 Å². The van der Waals surface area contributed by atoms with Crippen molar-refractivity contribution >= 4 is 35.4 Å². The summed E-state index contributed by atoms with van der Waals surface area (Å²) in [6, 6.07) is 0.409. The summed E-state index contributed by atoms with van der Waals surface area (Å²) >= 11 is 3.89. The molecule has 1 N–H and O–H groups in total. The molecule has 3 saturated heterocycles. The van der Waals surface area contributed by atoms with E-state index in [4.69, 9.17) is 0 Å². The van der Waals surface area contributed by atoms with Crippen LogP contribution in [0, 0.1) is 11.3 Å². The molecule has 0 unspecified atom stereocenters. The molecule has 1 amide bonds. The van der Waals surface area contributed by atoms with Crippen molar-refractivity contribution in [2.24, 2.45) is 11.3 Å². The molecule has 0 bridgehead atoms. The second-order valence-corrected chi connectivity index (χ2v) is 8.40. The Kier molecular flexibility index (Phi) is 4.43. The van der Waals surface area contributed by atoms with Crippen molar-refractivity contribution in [2.45, 2.75) is 13.0 Å². The van der Waals surface area contributed by atoms with Gasteiger partial charge in [-0.15, -0.1) is 0 Å². The SMILES string of the molecule is CCN1C[C@]2(C(=O)O)CN(C3CSCCSC3)C[C@@H]2C1=O. The fourth-order valence-electron chi connectivity index (χ4n) is 3.71. The van der Waals surface area contributed by atoms with Crippen molar-refractivity contribution in [3.8, 4) is 0 Å². The minimum atomic E-state index is -0.880. The van der Waals surface area contributed by atoms with E-state index in [0.29, 0.717) is 32.2 Å². The molecule has 3 heterocycles. The lowest BCUT2D eigenvalue weighted by Gasteiger charge is -2.29. The van der Waals surface area contributed by atoms with Gasteiger partial charge in [0.2, 0.25) is 5.91 Å². The van der Waals surface area contributed by atoms with Gasteiger partial charge < -0.3 is 10.0 Å². The molecule has 0 aliphatic carbocycles. The van der Waals surface area contributed by atoms with Crippen LogP contribution >= 0.6 is 23.5 Å². The molecule has 0 aromatic heterocycles. The lowest BCUT2D eigenvalue weighted by atomic mass is 9.81. The summed E-state index contributed by atoms with van der Waals surface area (Å²) in [4.78, 5) is 28.3. The van der Waals surface area contributed by atoms with Gasteiger partial charge in [0.25, 0.3) is 0 Å². The van der Waals surface area contributed by atoms with E-state index in [0.717, 1.165) is 11.5 Å². The first kappa shape index (κ1) is 15.5. The summed E-state index contributed by atoms with van der Waals surface area (Å²) in [6.45, 7) is 4.06. The number of likely N-dealkylation sites (tertiary alicyclic amines) is 2. The van der Waals surface area contributed by atoms with Crippen LogP contribution < -0.4 is 0 Å². The largest absolute Gasteiger partial charge is 0.481 e. The Morgan fingerprint density at radius 1 is 1.33 bits per heavy atom. The second-order valence-electron chi connectivity index (χ2n) is 6.10. The number of rotatable bonds is 3. The van der Waals surface area contributed by atoms with E-state index in [-0.39, 0.29) is 11.8 Å². The van der Waals surface area contributed by atoms with Crippen LogP contribution in [0.3, 0.4) is 0 Å². The zero-order chi connectivity index (χ0) is 15.0. The molecule has 3 aliphatic rings. The van der Waals surface area contributed by atoms with Gasteiger partial charge in [-0.2, -0.15) is 23.5 Å². The maximum atomic E-state index is 12.4. The zero-order valence-corrected chi connectivity index (χ0v) is 13.9. The standard InChI is InChI=1S/C14H22N2O3S2/c1-2-15-8-14(13(18)19)9-16(5-11(14)12(15)17)10-6-20-3-4-21-7-10/h10-11H,2-9H2,1H3,(H,18,19)/t11-,14+/m1/s1. The van der Waals surface area contributed by atoms with Crippen molar-refractivity contribution in [2.75, 3.05) is 49.2 Å². The topological polar surface area (TPSA) is 60.9 Å². The maximum absolute atomic E-state index is 12.4. The van der Waals surface area contributed by atoms with Gasteiger partial charge in [-0.3, -0.25) is 14.5 Å². The fourth-order valence-corrected chi connectivity index (χ4v) is 6.33. The first-order chi connectivity index (χ1) is 10.1. The third-order valence-corrected chi connectivity index (χ3v) is 7.45.